The van der Waals surface area contributed by atoms with Crippen LogP contribution in [0.3, 0.4) is 0 Å². The number of nitrogens with zero attached hydrogens (tertiary/aromatic N) is 1. The standard InChI is InChI=1S/C10H18N2O3/c1-7(10(14)15)12(2)9(13)8-4-3-5-11-6-8/h7-8,11H,3-6H2,1-2H3,(H,14,15)/t7?,8-/m0/s1. The van der Waals surface area contributed by atoms with Gasteiger partial charge in [0.1, 0.15) is 6.04 Å². The molecule has 0 bridgehead atoms. The van der Waals surface area contributed by atoms with Crippen LogP contribution in [0, 0.1) is 5.92 Å². The highest BCUT2D eigenvalue weighted by Gasteiger charge is 2.28. The highest BCUT2D eigenvalue weighted by atomic mass is 16.4. The summed E-state index contributed by atoms with van der Waals surface area (Å²) in [5.41, 5.74) is 0. The Labute approximate surface area is 89.4 Å². The maximum atomic E-state index is 11.9. The zero-order chi connectivity index (χ0) is 11.4. The summed E-state index contributed by atoms with van der Waals surface area (Å²) in [5, 5.41) is 11.9. The van der Waals surface area contributed by atoms with E-state index in [1.54, 1.807) is 7.05 Å². The second-order valence-electron chi connectivity index (χ2n) is 4.01. The first-order chi connectivity index (χ1) is 7.04. The van der Waals surface area contributed by atoms with Gasteiger partial charge in [-0.3, -0.25) is 4.79 Å². The summed E-state index contributed by atoms with van der Waals surface area (Å²) in [7, 11) is 1.55. The van der Waals surface area contributed by atoms with Crippen molar-refractivity contribution in [1.29, 1.82) is 0 Å². The third-order valence-corrected chi connectivity index (χ3v) is 2.93. The Hall–Kier alpha value is -1.10. The number of carboxylic acid groups (broad SMARTS) is 1. The molecule has 86 valence electrons. The molecule has 2 N–H and O–H groups in total. The number of nitrogens with one attached hydrogen (secondary N) is 1. The number of piperidine rings is 1. The fourth-order valence-corrected chi connectivity index (χ4v) is 1.71. The van der Waals surface area contributed by atoms with Gasteiger partial charge in [0.2, 0.25) is 5.91 Å². The van der Waals surface area contributed by atoms with Crippen LogP contribution in [-0.2, 0) is 9.59 Å². The molecule has 0 aromatic heterocycles. The lowest BCUT2D eigenvalue weighted by molar-refractivity contribution is -0.150. The molecule has 1 saturated heterocycles. The van der Waals surface area contributed by atoms with Crippen molar-refractivity contribution >= 4 is 11.9 Å². The Bertz CT molecular complexity index is 249. The van der Waals surface area contributed by atoms with Crippen molar-refractivity contribution in [2.45, 2.75) is 25.8 Å². The minimum Gasteiger partial charge on any atom is -0.480 e. The van der Waals surface area contributed by atoms with Gasteiger partial charge < -0.3 is 15.3 Å². The lowest BCUT2D eigenvalue weighted by Gasteiger charge is -2.29. The van der Waals surface area contributed by atoms with Crippen molar-refractivity contribution in [3.63, 3.8) is 0 Å². The van der Waals surface area contributed by atoms with E-state index in [9.17, 15) is 9.59 Å². The molecule has 1 amide bonds. The first-order valence-corrected chi connectivity index (χ1v) is 5.24. The summed E-state index contributed by atoms with van der Waals surface area (Å²) in [6.45, 7) is 3.13. The van der Waals surface area contributed by atoms with Gasteiger partial charge in [0.15, 0.2) is 0 Å². The van der Waals surface area contributed by atoms with Gasteiger partial charge in [-0.05, 0) is 26.3 Å². The largest absolute Gasteiger partial charge is 0.480 e. The molecular weight excluding hydrogens is 196 g/mol. The van der Waals surface area contributed by atoms with Crippen LogP contribution in [-0.4, -0.2) is 48.1 Å². The molecule has 5 heteroatoms. The summed E-state index contributed by atoms with van der Waals surface area (Å²) in [6, 6.07) is -0.751. The van der Waals surface area contributed by atoms with E-state index in [1.165, 1.54) is 11.8 Å². The molecule has 0 aromatic rings. The Kier molecular flexibility index (Phi) is 4.08. The van der Waals surface area contributed by atoms with Gasteiger partial charge in [-0.1, -0.05) is 0 Å². The van der Waals surface area contributed by atoms with Gasteiger partial charge in [-0.25, -0.2) is 4.79 Å². The predicted molar refractivity (Wildman–Crippen MR) is 55.5 cm³/mol. The SMILES string of the molecule is CC(C(=O)O)N(C)C(=O)[C@H]1CCCNC1. The van der Waals surface area contributed by atoms with Gasteiger partial charge in [0.05, 0.1) is 5.92 Å². The Morgan fingerprint density at radius 3 is 2.67 bits per heavy atom. The summed E-state index contributed by atoms with van der Waals surface area (Å²) in [6.07, 6.45) is 1.83. The Morgan fingerprint density at radius 1 is 1.53 bits per heavy atom. The molecule has 1 fully saturated rings. The number of rotatable bonds is 3. The smallest absolute Gasteiger partial charge is 0.326 e. The molecular formula is C10H18N2O3. The third kappa shape index (κ3) is 2.92. The van der Waals surface area contributed by atoms with Crippen LogP contribution in [0.5, 0.6) is 0 Å². The fraction of sp³-hybridized carbons (Fsp3) is 0.800. The van der Waals surface area contributed by atoms with Crippen molar-refractivity contribution in [1.82, 2.24) is 10.2 Å². The molecule has 1 aliphatic rings. The second-order valence-corrected chi connectivity index (χ2v) is 4.01. The number of carboxylic acids is 1. The van der Waals surface area contributed by atoms with Crippen molar-refractivity contribution in [2.24, 2.45) is 5.92 Å². The van der Waals surface area contributed by atoms with Crippen molar-refractivity contribution < 1.29 is 14.7 Å². The topological polar surface area (TPSA) is 69.6 Å². The van der Waals surface area contributed by atoms with Crippen LogP contribution >= 0.6 is 0 Å². The van der Waals surface area contributed by atoms with Gasteiger partial charge >= 0.3 is 5.97 Å². The number of carbonyl (C=O) groups is 2. The number of amides is 1. The summed E-state index contributed by atoms with van der Waals surface area (Å²) < 4.78 is 0. The zero-order valence-electron chi connectivity index (χ0n) is 9.19. The highest BCUT2D eigenvalue weighted by Crippen LogP contribution is 2.14. The van der Waals surface area contributed by atoms with E-state index in [-0.39, 0.29) is 11.8 Å². The molecule has 1 aliphatic heterocycles. The third-order valence-electron chi connectivity index (χ3n) is 2.93. The van der Waals surface area contributed by atoms with E-state index < -0.39 is 12.0 Å². The molecule has 0 aromatic carbocycles. The zero-order valence-corrected chi connectivity index (χ0v) is 9.19. The quantitative estimate of drug-likeness (QED) is 0.689. The molecule has 0 radical (unpaired) electrons. The molecule has 5 nitrogen and oxygen atoms in total. The molecule has 2 atom stereocenters. The average molecular weight is 214 g/mol. The normalized spacial score (nSPS) is 23.2. The predicted octanol–water partition coefficient (Wildman–Crippen LogP) is -0.0825. The van der Waals surface area contributed by atoms with Crippen LogP contribution in [0.1, 0.15) is 19.8 Å². The molecule has 1 rings (SSSR count). The van der Waals surface area contributed by atoms with E-state index in [0.29, 0.717) is 6.54 Å². The van der Waals surface area contributed by atoms with Gasteiger partial charge in [-0.2, -0.15) is 0 Å². The molecule has 1 heterocycles. The van der Waals surface area contributed by atoms with Crippen molar-refractivity contribution in [3.8, 4) is 0 Å². The van der Waals surface area contributed by atoms with E-state index in [1.807, 2.05) is 0 Å². The van der Waals surface area contributed by atoms with E-state index in [0.717, 1.165) is 19.4 Å². The van der Waals surface area contributed by atoms with Crippen LogP contribution < -0.4 is 5.32 Å². The summed E-state index contributed by atoms with van der Waals surface area (Å²) in [5.74, 6) is -1.10. The second kappa shape index (κ2) is 5.11. The number of hydrogen-bond donors (Lipinski definition) is 2. The Balaban J connectivity index is 2.54. The lowest BCUT2D eigenvalue weighted by atomic mass is 9.98. The first kappa shape index (κ1) is 12.0. The molecule has 0 spiro atoms. The number of carbonyl (C=O) groups excluding carboxylic acids is 1. The molecule has 15 heavy (non-hydrogen) atoms. The van der Waals surface area contributed by atoms with Gasteiger partial charge in [0, 0.05) is 13.6 Å². The van der Waals surface area contributed by atoms with E-state index >= 15 is 0 Å². The molecule has 1 unspecified atom stereocenters. The summed E-state index contributed by atoms with van der Waals surface area (Å²) in [4.78, 5) is 23.9. The summed E-state index contributed by atoms with van der Waals surface area (Å²) >= 11 is 0. The van der Waals surface area contributed by atoms with E-state index in [4.69, 9.17) is 5.11 Å². The van der Waals surface area contributed by atoms with Crippen molar-refractivity contribution in [2.75, 3.05) is 20.1 Å². The van der Waals surface area contributed by atoms with E-state index in [2.05, 4.69) is 5.32 Å². The lowest BCUT2D eigenvalue weighted by Crippen LogP contribution is -2.47. The minimum atomic E-state index is -0.963. The monoisotopic (exact) mass is 214 g/mol. The maximum Gasteiger partial charge on any atom is 0.326 e. The average Bonchev–Trinajstić information content (AvgIpc) is 2.27. The minimum absolute atomic E-state index is 0.0643. The van der Waals surface area contributed by atoms with Crippen molar-refractivity contribution in [3.05, 3.63) is 0 Å². The molecule has 0 saturated carbocycles. The Morgan fingerprint density at radius 2 is 2.20 bits per heavy atom. The number of hydrogen-bond acceptors (Lipinski definition) is 3. The van der Waals surface area contributed by atoms with Crippen LogP contribution in [0.15, 0.2) is 0 Å². The fourth-order valence-electron chi connectivity index (χ4n) is 1.71. The molecule has 0 aliphatic carbocycles. The van der Waals surface area contributed by atoms with Crippen LogP contribution in [0.4, 0.5) is 0 Å². The number of likely N-dealkylation sites (N-methyl/N-ethyl adjacent to an activating group) is 1. The first-order valence-electron chi connectivity index (χ1n) is 5.24. The number of aliphatic carboxylic acids is 1. The van der Waals surface area contributed by atoms with Crippen LogP contribution in [0.25, 0.3) is 0 Å². The van der Waals surface area contributed by atoms with Gasteiger partial charge in [0.25, 0.3) is 0 Å². The van der Waals surface area contributed by atoms with Crippen LogP contribution in [0.2, 0.25) is 0 Å². The maximum absolute atomic E-state index is 11.9. The highest BCUT2D eigenvalue weighted by molar-refractivity contribution is 5.84. The van der Waals surface area contributed by atoms with Gasteiger partial charge in [-0.15, -0.1) is 0 Å².